The highest BCUT2D eigenvalue weighted by molar-refractivity contribution is 7.90. The second-order valence-corrected chi connectivity index (χ2v) is 9.41. The van der Waals surface area contributed by atoms with Crippen molar-refractivity contribution in [3.05, 3.63) is 66.2 Å². The van der Waals surface area contributed by atoms with Crippen molar-refractivity contribution in [2.24, 2.45) is 10.3 Å². The molecule has 2 aromatic rings. The van der Waals surface area contributed by atoms with Gasteiger partial charge in [-0.05, 0) is 35.6 Å². The van der Waals surface area contributed by atoms with Crippen LogP contribution in [-0.4, -0.2) is 38.2 Å². The maximum Gasteiger partial charge on any atom is 0.286 e. The number of hydrogen-bond donors (Lipinski definition) is 1. The minimum absolute atomic E-state index is 0.0243. The molecule has 1 N–H and O–H groups in total. The van der Waals surface area contributed by atoms with E-state index >= 15 is 0 Å². The molecule has 0 fully saturated rings. The highest BCUT2D eigenvalue weighted by atomic mass is 32.2. The molecule has 7 heteroatoms. The lowest BCUT2D eigenvalue weighted by Crippen LogP contribution is -2.36. The Kier molecular flexibility index (Phi) is 5.72. The van der Waals surface area contributed by atoms with Gasteiger partial charge in [-0.25, -0.2) is 0 Å². The van der Waals surface area contributed by atoms with Crippen molar-refractivity contribution in [3.8, 4) is 0 Å². The first-order valence-electron chi connectivity index (χ1n) is 10.1. The number of sulfonamides is 1. The first-order valence-corrected chi connectivity index (χ1v) is 11.6. The van der Waals surface area contributed by atoms with Crippen molar-refractivity contribution >= 4 is 33.0 Å². The Morgan fingerprint density at radius 2 is 1.87 bits per heavy atom. The van der Waals surface area contributed by atoms with E-state index in [1.165, 1.54) is 11.1 Å². The molecule has 0 saturated heterocycles. The van der Waals surface area contributed by atoms with Crippen LogP contribution in [0.4, 0.5) is 5.69 Å². The number of carbonyl (C=O) groups excluding carboxylic acids is 1. The molecule has 0 bridgehead atoms. The Hall–Kier alpha value is -2.93. The van der Waals surface area contributed by atoms with Crippen LogP contribution in [0.25, 0.3) is 5.57 Å². The summed E-state index contributed by atoms with van der Waals surface area (Å²) in [7, 11) is -3.70. The van der Waals surface area contributed by atoms with Gasteiger partial charge >= 0.3 is 0 Å². The van der Waals surface area contributed by atoms with Crippen LogP contribution in [0.2, 0.25) is 0 Å². The molecule has 2 heterocycles. The van der Waals surface area contributed by atoms with Crippen LogP contribution in [0.15, 0.2) is 70.0 Å². The van der Waals surface area contributed by atoms with Crippen LogP contribution in [0.3, 0.4) is 0 Å². The second kappa shape index (κ2) is 8.44. The highest BCUT2D eigenvalue weighted by Crippen LogP contribution is 2.28. The lowest BCUT2D eigenvalue weighted by atomic mass is 9.98. The lowest BCUT2D eigenvalue weighted by molar-refractivity contribution is -0.131. The lowest BCUT2D eigenvalue weighted by Gasteiger charge is -2.28. The van der Waals surface area contributed by atoms with Crippen LogP contribution < -0.4 is 5.32 Å². The van der Waals surface area contributed by atoms with Crippen molar-refractivity contribution in [2.75, 3.05) is 18.4 Å². The van der Waals surface area contributed by atoms with Gasteiger partial charge in [-0.2, -0.15) is 8.42 Å². The summed E-state index contributed by atoms with van der Waals surface area (Å²) in [6.07, 6.45) is 3.72. The van der Waals surface area contributed by atoms with E-state index in [9.17, 15) is 13.2 Å². The molecule has 1 atom stereocenters. The molecule has 156 valence electrons. The largest absolute Gasteiger partial charge is 0.342 e. The molecule has 2 aliphatic heterocycles. The maximum absolute atomic E-state index is 12.7. The number of para-hydroxylation sites is 1. The number of nitrogens with zero attached hydrogens (tertiary/aromatic N) is 2. The topological polar surface area (TPSA) is 78.8 Å². The molecule has 0 aromatic heterocycles. The molecule has 6 nitrogen and oxygen atoms in total. The van der Waals surface area contributed by atoms with Crippen molar-refractivity contribution in [3.63, 3.8) is 0 Å². The van der Waals surface area contributed by atoms with E-state index in [2.05, 4.69) is 27.9 Å². The molecule has 0 aliphatic carbocycles. The number of benzene rings is 2. The van der Waals surface area contributed by atoms with Gasteiger partial charge in [-0.1, -0.05) is 55.5 Å². The van der Waals surface area contributed by atoms with E-state index in [4.69, 9.17) is 0 Å². The van der Waals surface area contributed by atoms with Gasteiger partial charge in [0, 0.05) is 25.9 Å². The van der Waals surface area contributed by atoms with Crippen LogP contribution in [0.1, 0.15) is 31.7 Å². The van der Waals surface area contributed by atoms with Crippen LogP contribution in [0, 0.1) is 5.92 Å². The van der Waals surface area contributed by atoms with E-state index in [0.29, 0.717) is 37.5 Å². The molecule has 30 heavy (non-hydrogen) atoms. The summed E-state index contributed by atoms with van der Waals surface area (Å²) < 4.78 is 28.6. The second-order valence-electron chi connectivity index (χ2n) is 7.83. The molecule has 0 radical (unpaired) electrons. The first kappa shape index (κ1) is 20.3. The number of amides is 1. The van der Waals surface area contributed by atoms with Gasteiger partial charge in [0.15, 0.2) is 0 Å². The summed E-state index contributed by atoms with van der Waals surface area (Å²) in [6, 6.07) is 17.0. The fourth-order valence-electron chi connectivity index (χ4n) is 3.90. The average Bonchev–Trinajstić information content (AvgIpc) is 2.74. The standard InChI is InChI=1S/C23H25N3O3S/c1-17(15-22-24-20-9-5-6-10-21(20)30(28,29)25-22)16-23(27)26-13-11-19(12-14-26)18-7-3-2-4-8-18/h2-11,17H,12-16H2,1H3,(H,24,25)/t17-/m1/s1. The van der Waals surface area contributed by atoms with Crippen LogP contribution in [0.5, 0.6) is 0 Å². The van der Waals surface area contributed by atoms with E-state index in [1.54, 1.807) is 24.3 Å². The molecule has 2 aromatic carbocycles. The number of fused-ring (bicyclic) bond motifs is 1. The summed E-state index contributed by atoms with van der Waals surface area (Å²) in [6.45, 7) is 3.26. The Morgan fingerprint density at radius 3 is 2.60 bits per heavy atom. The van der Waals surface area contributed by atoms with E-state index < -0.39 is 10.0 Å². The van der Waals surface area contributed by atoms with Crippen molar-refractivity contribution < 1.29 is 13.2 Å². The number of anilines is 1. The van der Waals surface area contributed by atoms with Gasteiger partial charge in [0.1, 0.15) is 10.7 Å². The van der Waals surface area contributed by atoms with Gasteiger partial charge in [0.2, 0.25) is 5.91 Å². The first-order chi connectivity index (χ1) is 14.4. The number of nitrogens with one attached hydrogen (secondary N) is 1. The van der Waals surface area contributed by atoms with Gasteiger partial charge in [-0.3, -0.25) is 4.79 Å². The Balaban J connectivity index is 1.35. The third-order valence-corrected chi connectivity index (χ3v) is 6.82. The molecular formula is C23H25N3O3S. The summed E-state index contributed by atoms with van der Waals surface area (Å²) >= 11 is 0. The summed E-state index contributed by atoms with van der Waals surface area (Å²) in [5.74, 6) is 0.452. The maximum atomic E-state index is 12.7. The summed E-state index contributed by atoms with van der Waals surface area (Å²) in [5.41, 5.74) is 3.02. The fourth-order valence-corrected chi connectivity index (χ4v) is 5.05. The minimum Gasteiger partial charge on any atom is -0.342 e. The smallest absolute Gasteiger partial charge is 0.286 e. The molecule has 4 rings (SSSR count). The zero-order chi connectivity index (χ0) is 21.1. The van der Waals surface area contributed by atoms with Gasteiger partial charge in [0.25, 0.3) is 10.0 Å². The molecule has 2 aliphatic rings. The molecule has 0 unspecified atom stereocenters. The van der Waals surface area contributed by atoms with Crippen molar-refractivity contribution in [1.29, 1.82) is 0 Å². The molecule has 0 saturated carbocycles. The van der Waals surface area contributed by atoms with Gasteiger partial charge in [-0.15, -0.1) is 4.40 Å². The Morgan fingerprint density at radius 1 is 1.13 bits per heavy atom. The average molecular weight is 424 g/mol. The number of rotatable bonds is 5. The zero-order valence-corrected chi connectivity index (χ0v) is 17.7. The van der Waals surface area contributed by atoms with E-state index in [1.807, 2.05) is 30.0 Å². The molecule has 0 spiro atoms. The number of carbonyl (C=O) groups is 1. The van der Waals surface area contributed by atoms with E-state index in [-0.39, 0.29) is 16.7 Å². The van der Waals surface area contributed by atoms with Crippen LogP contribution in [-0.2, 0) is 14.8 Å². The third-order valence-electron chi connectivity index (χ3n) is 5.45. The normalized spacial score (nSPS) is 18.5. The van der Waals surface area contributed by atoms with Gasteiger partial charge < -0.3 is 10.2 Å². The monoisotopic (exact) mass is 423 g/mol. The summed E-state index contributed by atoms with van der Waals surface area (Å²) in [5, 5.41) is 3.10. The van der Waals surface area contributed by atoms with Crippen molar-refractivity contribution in [1.82, 2.24) is 4.90 Å². The quantitative estimate of drug-likeness (QED) is 0.790. The predicted octanol–water partition coefficient (Wildman–Crippen LogP) is 3.93. The fraction of sp³-hybridized carbons (Fsp3) is 0.304. The third kappa shape index (κ3) is 4.46. The number of hydrogen-bond acceptors (Lipinski definition) is 4. The highest BCUT2D eigenvalue weighted by Gasteiger charge is 2.26. The summed E-state index contributed by atoms with van der Waals surface area (Å²) in [4.78, 5) is 14.8. The Bertz CT molecular complexity index is 1110. The van der Waals surface area contributed by atoms with Crippen LogP contribution >= 0.6 is 0 Å². The molecule has 1 amide bonds. The number of amidine groups is 1. The predicted molar refractivity (Wildman–Crippen MR) is 119 cm³/mol. The Labute approximate surface area is 177 Å². The zero-order valence-electron chi connectivity index (χ0n) is 16.9. The SMILES string of the molecule is C[C@@H](CC(=O)N1CC=C(c2ccccc2)CC1)CC1=NS(=O)(=O)c2ccccc2N1. The van der Waals surface area contributed by atoms with E-state index in [0.717, 1.165) is 6.42 Å². The molecular weight excluding hydrogens is 398 g/mol. The minimum atomic E-state index is -3.70. The van der Waals surface area contributed by atoms with Gasteiger partial charge in [0.05, 0.1) is 5.69 Å². The van der Waals surface area contributed by atoms with Crippen molar-refractivity contribution in [2.45, 2.75) is 31.1 Å².